The highest BCUT2D eigenvalue weighted by molar-refractivity contribution is 7.90. The quantitative estimate of drug-likeness (QED) is 0.828. The Kier molecular flexibility index (Phi) is 3.79. The van der Waals surface area contributed by atoms with Crippen LogP contribution in [-0.2, 0) is 14.8 Å². The van der Waals surface area contributed by atoms with E-state index in [-0.39, 0.29) is 23.1 Å². The van der Waals surface area contributed by atoms with Gasteiger partial charge in [0.15, 0.2) is 0 Å². The lowest BCUT2D eigenvalue weighted by Gasteiger charge is -2.31. The first kappa shape index (κ1) is 14.3. The maximum atomic E-state index is 12.5. The van der Waals surface area contributed by atoms with Gasteiger partial charge >= 0.3 is 5.97 Å². The monoisotopic (exact) mass is 301 g/mol. The summed E-state index contributed by atoms with van der Waals surface area (Å²) in [5, 5.41) is 9.06. The molecule has 0 aliphatic heterocycles. The van der Waals surface area contributed by atoms with Crippen molar-refractivity contribution in [2.75, 3.05) is 0 Å². The fraction of sp³-hybridized carbons (Fsp3) is 0.929. The molecule has 2 N–H and O–H groups in total. The van der Waals surface area contributed by atoms with Crippen LogP contribution in [0.4, 0.5) is 0 Å². The molecule has 0 spiro atoms. The van der Waals surface area contributed by atoms with Crippen LogP contribution in [0.2, 0.25) is 0 Å². The predicted octanol–water partition coefficient (Wildman–Crippen LogP) is 1.74. The molecule has 0 aromatic rings. The van der Waals surface area contributed by atoms with E-state index in [1.807, 2.05) is 0 Å². The Hall–Kier alpha value is -0.620. The second-order valence-electron chi connectivity index (χ2n) is 6.65. The lowest BCUT2D eigenvalue weighted by Crippen LogP contribution is -2.49. The SMILES string of the molecule is O=C(O)C1C2CCC(C2)C1NS(=O)(=O)C1CCCCC1. The number of carbonyl (C=O) groups is 1. The van der Waals surface area contributed by atoms with Gasteiger partial charge in [0.05, 0.1) is 11.2 Å². The summed E-state index contributed by atoms with van der Waals surface area (Å²) in [6, 6.07) is -0.377. The van der Waals surface area contributed by atoms with E-state index in [9.17, 15) is 18.3 Å². The molecule has 4 atom stereocenters. The molecule has 3 rings (SSSR count). The van der Waals surface area contributed by atoms with Crippen molar-refractivity contribution in [3.05, 3.63) is 0 Å². The number of aliphatic carboxylic acids is 1. The number of nitrogens with one attached hydrogen (secondary N) is 1. The first-order valence-electron chi connectivity index (χ1n) is 7.73. The lowest BCUT2D eigenvalue weighted by atomic mass is 9.85. The summed E-state index contributed by atoms with van der Waals surface area (Å²) in [5.41, 5.74) is 0. The molecular weight excluding hydrogens is 278 g/mol. The van der Waals surface area contributed by atoms with Crippen LogP contribution in [0.5, 0.6) is 0 Å². The fourth-order valence-corrected chi connectivity index (χ4v) is 6.34. The number of sulfonamides is 1. The van der Waals surface area contributed by atoms with Gasteiger partial charge in [-0.3, -0.25) is 4.79 Å². The van der Waals surface area contributed by atoms with Crippen molar-refractivity contribution in [2.24, 2.45) is 17.8 Å². The van der Waals surface area contributed by atoms with E-state index < -0.39 is 21.9 Å². The standard InChI is InChI=1S/C14H23NO4S/c16-14(17)12-9-6-7-10(8-9)13(12)15-20(18,19)11-4-2-1-3-5-11/h9-13,15H,1-8H2,(H,16,17). The summed E-state index contributed by atoms with van der Waals surface area (Å²) in [6.45, 7) is 0. The molecular formula is C14H23NO4S. The Morgan fingerprint density at radius 3 is 2.30 bits per heavy atom. The van der Waals surface area contributed by atoms with Gasteiger partial charge < -0.3 is 5.11 Å². The van der Waals surface area contributed by atoms with Crippen molar-refractivity contribution in [3.63, 3.8) is 0 Å². The zero-order chi connectivity index (χ0) is 14.3. The molecule has 0 saturated heterocycles. The molecule has 2 bridgehead atoms. The maximum Gasteiger partial charge on any atom is 0.308 e. The number of rotatable bonds is 4. The highest BCUT2D eigenvalue weighted by Crippen LogP contribution is 2.49. The molecule has 4 unspecified atom stereocenters. The molecule has 3 aliphatic carbocycles. The Balaban J connectivity index is 1.74. The van der Waals surface area contributed by atoms with E-state index in [1.54, 1.807) is 0 Å². The average Bonchev–Trinajstić information content (AvgIpc) is 3.00. The van der Waals surface area contributed by atoms with Crippen molar-refractivity contribution in [1.29, 1.82) is 0 Å². The summed E-state index contributed by atoms with van der Waals surface area (Å²) < 4.78 is 27.7. The second-order valence-corrected chi connectivity index (χ2v) is 8.64. The van der Waals surface area contributed by atoms with E-state index in [1.165, 1.54) is 0 Å². The second kappa shape index (κ2) is 5.30. The number of hydrogen-bond donors (Lipinski definition) is 2. The van der Waals surface area contributed by atoms with Crippen LogP contribution in [0.25, 0.3) is 0 Å². The van der Waals surface area contributed by atoms with E-state index >= 15 is 0 Å². The largest absolute Gasteiger partial charge is 0.481 e. The molecule has 0 amide bonds. The Morgan fingerprint density at radius 1 is 1.00 bits per heavy atom. The molecule has 3 aliphatic rings. The van der Waals surface area contributed by atoms with Crippen molar-refractivity contribution >= 4 is 16.0 Å². The molecule has 0 aromatic heterocycles. The highest BCUT2D eigenvalue weighted by atomic mass is 32.2. The summed E-state index contributed by atoms with van der Waals surface area (Å²) >= 11 is 0. The zero-order valence-electron chi connectivity index (χ0n) is 11.6. The van der Waals surface area contributed by atoms with Crippen molar-refractivity contribution in [1.82, 2.24) is 4.72 Å². The first-order valence-corrected chi connectivity index (χ1v) is 9.27. The van der Waals surface area contributed by atoms with Crippen molar-refractivity contribution < 1.29 is 18.3 Å². The molecule has 3 fully saturated rings. The van der Waals surface area contributed by atoms with Crippen LogP contribution >= 0.6 is 0 Å². The average molecular weight is 301 g/mol. The van der Waals surface area contributed by atoms with Gasteiger partial charge in [0.1, 0.15) is 0 Å². The van der Waals surface area contributed by atoms with Crippen molar-refractivity contribution in [3.8, 4) is 0 Å². The normalized spacial score (nSPS) is 38.2. The third-order valence-corrected chi connectivity index (χ3v) is 7.44. The van der Waals surface area contributed by atoms with Crippen LogP contribution < -0.4 is 4.72 Å². The van der Waals surface area contributed by atoms with Crippen LogP contribution in [0.15, 0.2) is 0 Å². The summed E-state index contributed by atoms with van der Waals surface area (Å²) in [7, 11) is -3.37. The maximum absolute atomic E-state index is 12.5. The van der Waals surface area contributed by atoms with E-state index in [2.05, 4.69) is 4.72 Å². The van der Waals surface area contributed by atoms with Crippen LogP contribution in [0.1, 0.15) is 51.4 Å². The molecule has 3 saturated carbocycles. The zero-order valence-corrected chi connectivity index (χ0v) is 12.4. The Bertz CT molecular complexity index is 483. The van der Waals surface area contributed by atoms with Gasteiger partial charge in [-0.2, -0.15) is 0 Å². The molecule has 0 radical (unpaired) electrons. The minimum Gasteiger partial charge on any atom is -0.481 e. The number of carboxylic acids is 1. The Labute approximate surface area is 120 Å². The minimum atomic E-state index is -3.37. The van der Waals surface area contributed by atoms with E-state index in [0.717, 1.165) is 38.5 Å². The van der Waals surface area contributed by atoms with E-state index in [0.29, 0.717) is 12.8 Å². The van der Waals surface area contributed by atoms with Gasteiger partial charge in [0.2, 0.25) is 10.0 Å². The van der Waals surface area contributed by atoms with Gasteiger partial charge in [0, 0.05) is 6.04 Å². The smallest absolute Gasteiger partial charge is 0.308 e. The van der Waals surface area contributed by atoms with Crippen molar-refractivity contribution in [2.45, 2.75) is 62.7 Å². The van der Waals surface area contributed by atoms with Crippen LogP contribution in [-0.4, -0.2) is 30.8 Å². The fourth-order valence-electron chi connectivity index (χ4n) is 4.48. The van der Waals surface area contributed by atoms with Crippen LogP contribution in [0, 0.1) is 17.8 Å². The third kappa shape index (κ3) is 2.48. The lowest BCUT2D eigenvalue weighted by molar-refractivity contribution is -0.144. The third-order valence-electron chi connectivity index (χ3n) is 5.49. The predicted molar refractivity (Wildman–Crippen MR) is 74.7 cm³/mol. The molecule has 0 heterocycles. The summed E-state index contributed by atoms with van der Waals surface area (Å²) in [6.07, 6.45) is 7.24. The van der Waals surface area contributed by atoms with E-state index in [4.69, 9.17) is 0 Å². The molecule has 20 heavy (non-hydrogen) atoms. The molecule has 114 valence electrons. The van der Waals surface area contributed by atoms with Gasteiger partial charge in [-0.1, -0.05) is 19.3 Å². The van der Waals surface area contributed by atoms with Gasteiger partial charge in [-0.05, 0) is 43.9 Å². The van der Waals surface area contributed by atoms with Gasteiger partial charge in [-0.25, -0.2) is 13.1 Å². The van der Waals surface area contributed by atoms with Crippen LogP contribution in [0.3, 0.4) is 0 Å². The first-order chi connectivity index (χ1) is 9.49. The Morgan fingerprint density at radius 2 is 1.65 bits per heavy atom. The van der Waals surface area contributed by atoms with Gasteiger partial charge in [0.25, 0.3) is 0 Å². The number of fused-ring (bicyclic) bond motifs is 2. The molecule has 0 aromatic carbocycles. The number of carboxylic acid groups (broad SMARTS) is 1. The minimum absolute atomic E-state index is 0.163. The molecule has 5 nitrogen and oxygen atoms in total. The summed E-state index contributed by atoms with van der Waals surface area (Å²) in [4.78, 5) is 11.4. The van der Waals surface area contributed by atoms with Gasteiger partial charge in [-0.15, -0.1) is 0 Å². The molecule has 6 heteroatoms. The number of hydrogen-bond acceptors (Lipinski definition) is 3. The summed E-state index contributed by atoms with van der Waals surface area (Å²) in [5.74, 6) is -0.975. The highest BCUT2D eigenvalue weighted by Gasteiger charge is 2.52. The topological polar surface area (TPSA) is 83.5 Å².